The summed E-state index contributed by atoms with van der Waals surface area (Å²) in [7, 11) is 0. The van der Waals surface area contributed by atoms with Gasteiger partial charge in [-0.05, 0) is 24.1 Å². The molecule has 116 valence electrons. The summed E-state index contributed by atoms with van der Waals surface area (Å²) >= 11 is 0. The Labute approximate surface area is 122 Å². The van der Waals surface area contributed by atoms with Crippen LogP contribution in [0.5, 0.6) is 5.75 Å². The van der Waals surface area contributed by atoms with Crippen LogP contribution in [-0.4, -0.2) is 31.0 Å². The predicted molar refractivity (Wildman–Crippen MR) is 75.4 cm³/mol. The number of benzene rings is 1. The average molecular weight is 298 g/mol. The molecule has 4 nitrogen and oxygen atoms in total. The Hall–Kier alpha value is -1.69. The lowest BCUT2D eigenvalue weighted by atomic mass is 10.1. The first kappa shape index (κ1) is 15.7. The van der Waals surface area contributed by atoms with E-state index in [0.29, 0.717) is 13.2 Å². The third-order valence-electron chi connectivity index (χ3n) is 3.29. The van der Waals surface area contributed by atoms with E-state index in [0.717, 1.165) is 17.7 Å². The summed E-state index contributed by atoms with van der Waals surface area (Å²) in [5, 5.41) is 5.20. The maximum absolute atomic E-state index is 13.0. The van der Waals surface area contributed by atoms with Gasteiger partial charge in [0.1, 0.15) is 5.75 Å². The van der Waals surface area contributed by atoms with E-state index in [1.54, 1.807) is 0 Å². The monoisotopic (exact) mass is 298 g/mol. The summed E-state index contributed by atoms with van der Waals surface area (Å²) in [5.74, 6) is -2.40. The number of nitrogens with one attached hydrogen (secondary N) is 2. The summed E-state index contributed by atoms with van der Waals surface area (Å²) in [6.07, 6.45) is 0.499. The second-order valence-corrected chi connectivity index (χ2v) is 5.20. The molecular weight excluding hydrogens is 278 g/mol. The molecular formula is C15H20F2N2O2. The Morgan fingerprint density at radius 2 is 2.14 bits per heavy atom. The fraction of sp³-hybridized carbons (Fsp3) is 0.533. The first-order chi connectivity index (χ1) is 10.00. The molecule has 1 fully saturated rings. The Kier molecular flexibility index (Phi) is 5.12. The van der Waals surface area contributed by atoms with Crippen LogP contribution in [0, 0.1) is 0 Å². The number of carbonyl (C=O) groups is 1. The minimum atomic E-state index is -2.79. The van der Waals surface area contributed by atoms with Crippen molar-refractivity contribution in [3.63, 3.8) is 0 Å². The van der Waals surface area contributed by atoms with Crippen molar-refractivity contribution in [3.05, 3.63) is 29.8 Å². The molecule has 1 atom stereocenters. The molecule has 2 rings (SSSR count). The first-order valence-corrected chi connectivity index (χ1v) is 7.11. The van der Waals surface area contributed by atoms with Crippen LogP contribution in [0.3, 0.4) is 0 Å². The molecule has 1 amide bonds. The van der Waals surface area contributed by atoms with Crippen LogP contribution in [0.25, 0.3) is 0 Å². The second kappa shape index (κ2) is 6.85. The molecule has 2 N–H and O–H groups in total. The van der Waals surface area contributed by atoms with E-state index in [9.17, 15) is 13.6 Å². The molecule has 0 aliphatic carbocycles. The zero-order chi connectivity index (χ0) is 15.3. The van der Waals surface area contributed by atoms with Gasteiger partial charge in [-0.2, -0.15) is 0 Å². The molecule has 1 aliphatic heterocycles. The van der Waals surface area contributed by atoms with Crippen LogP contribution in [-0.2, 0) is 11.3 Å². The Morgan fingerprint density at radius 3 is 2.71 bits per heavy atom. The number of ether oxygens (including phenoxy) is 1. The highest BCUT2D eigenvalue weighted by molar-refractivity contribution is 5.82. The van der Waals surface area contributed by atoms with E-state index in [1.807, 2.05) is 31.2 Å². The SMILES string of the molecule is CCCOc1ccc(CNC(=O)C2CC(F)(F)CN2)cc1. The molecule has 1 aromatic rings. The van der Waals surface area contributed by atoms with Crippen molar-refractivity contribution >= 4 is 5.91 Å². The van der Waals surface area contributed by atoms with Gasteiger partial charge in [0.15, 0.2) is 0 Å². The minimum Gasteiger partial charge on any atom is -0.494 e. The van der Waals surface area contributed by atoms with Crippen molar-refractivity contribution in [3.8, 4) is 5.75 Å². The number of alkyl halides is 2. The Balaban J connectivity index is 1.79. The number of hydrogen-bond donors (Lipinski definition) is 2. The molecule has 21 heavy (non-hydrogen) atoms. The van der Waals surface area contributed by atoms with Gasteiger partial charge in [-0.1, -0.05) is 19.1 Å². The molecule has 1 heterocycles. The van der Waals surface area contributed by atoms with Gasteiger partial charge in [0, 0.05) is 13.0 Å². The van der Waals surface area contributed by atoms with Crippen LogP contribution in [0.4, 0.5) is 8.78 Å². The fourth-order valence-corrected chi connectivity index (χ4v) is 2.14. The summed E-state index contributed by atoms with van der Waals surface area (Å²) in [6, 6.07) is 6.55. The average Bonchev–Trinajstić information content (AvgIpc) is 2.84. The minimum absolute atomic E-state index is 0.316. The van der Waals surface area contributed by atoms with Crippen LogP contribution >= 0.6 is 0 Å². The topological polar surface area (TPSA) is 50.4 Å². The maximum atomic E-state index is 13.0. The molecule has 0 saturated carbocycles. The van der Waals surface area contributed by atoms with Crippen molar-refractivity contribution in [2.45, 2.75) is 38.3 Å². The van der Waals surface area contributed by atoms with Crippen molar-refractivity contribution in [2.75, 3.05) is 13.2 Å². The van der Waals surface area contributed by atoms with Gasteiger partial charge in [-0.25, -0.2) is 8.78 Å². The lowest BCUT2D eigenvalue weighted by Gasteiger charge is -2.11. The maximum Gasteiger partial charge on any atom is 0.262 e. The van der Waals surface area contributed by atoms with E-state index >= 15 is 0 Å². The highest BCUT2D eigenvalue weighted by Crippen LogP contribution is 2.25. The van der Waals surface area contributed by atoms with Gasteiger partial charge in [-0.3, -0.25) is 10.1 Å². The highest BCUT2D eigenvalue weighted by Gasteiger charge is 2.42. The number of hydrogen-bond acceptors (Lipinski definition) is 3. The lowest BCUT2D eigenvalue weighted by molar-refractivity contribution is -0.123. The van der Waals surface area contributed by atoms with Crippen molar-refractivity contribution in [1.29, 1.82) is 0 Å². The van der Waals surface area contributed by atoms with Crippen LogP contribution in [0.1, 0.15) is 25.3 Å². The molecule has 6 heteroatoms. The van der Waals surface area contributed by atoms with Gasteiger partial charge < -0.3 is 10.1 Å². The fourth-order valence-electron chi connectivity index (χ4n) is 2.14. The predicted octanol–water partition coefficient (Wildman–Crippen LogP) is 2.09. The van der Waals surface area contributed by atoms with Crippen molar-refractivity contribution < 1.29 is 18.3 Å². The largest absolute Gasteiger partial charge is 0.494 e. The Morgan fingerprint density at radius 1 is 1.43 bits per heavy atom. The second-order valence-electron chi connectivity index (χ2n) is 5.20. The molecule has 0 radical (unpaired) electrons. The van der Waals surface area contributed by atoms with Gasteiger partial charge >= 0.3 is 0 Å². The standard InChI is InChI=1S/C15H20F2N2O2/c1-2-7-21-12-5-3-11(4-6-12)9-18-14(20)13-8-15(16,17)10-19-13/h3-6,13,19H,2,7-10H2,1H3,(H,18,20). The van der Waals surface area contributed by atoms with Gasteiger partial charge in [0.25, 0.3) is 5.92 Å². The molecule has 0 spiro atoms. The zero-order valence-corrected chi connectivity index (χ0v) is 12.0. The summed E-state index contributed by atoms with van der Waals surface area (Å²) in [4.78, 5) is 11.8. The molecule has 1 aliphatic rings. The lowest BCUT2D eigenvalue weighted by Crippen LogP contribution is -2.39. The molecule has 1 saturated heterocycles. The summed E-state index contributed by atoms with van der Waals surface area (Å²) < 4.78 is 31.5. The molecule has 0 bridgehead atoms. The number of rotatable bonds is 6. The molecule has 1 unspecified atom stereocenters. The van der Waals surface area contributed by atoms with Crippen molar-refractivity contribution in [1.82, 2.24) is 10.6 Å². The number of amides is 1. The smallest absolute Gasteiger partial charge is 0.262 e. The van der Waals surface area contributed by atoms with Gasteiger partial charge in [0.05, 0.1) is 19.2 Å². The van der Waals surface area contributed by atoms with E-state index in [2.05, 4.69) is 10.6 Å². The van der Waals surface area contributed by atoms with Gasteiger partial charge in [0.2, 0.25) is 5.91 Å². The normalized spacial score (nSPS) is 20.2. The molecule has 1 aromatic carbocycles. The van der Waals surface area contributed by atoms with Crippen LogP contribution < -0.4 is 15.4 Å². The van der Waals surface area contributed by atoms with E-state index < -0.39 is 30.8 Å². The highest BCUT2D eigenvalue weighted by atomic mass is 19.3. The first-order valence-electron chi connectivity index (χ1n) is 7.11. The van der Waals surface area contributed by atoms with E-state index in [-0.39, 0.29) is 0 Å². The third-order valence-corrected chi connectivity index (χ3v) is 3.29. The van der Waals surface area contributed by atoms with Gasteiger partial charge in [-0.15, -0.1) is 0 Å². The van der Waals surface area contributed by atoms with E-state index in [4.69, 9.17) is 4.74 Å². The van der Waals surface area contributed by atoms with Crippen LogP contribution in [0.15, 0.2) is 24.3 Å². The Bertz CT molecular complexity index is 477. The zero-order valence-electron chi connectivity index (χ0n) is 12.0. The summed E-state index contributed by atoms with van der Waals surface area (Å²) in [5.41, 5.74) is 0.900. The van der Waals surface area contributed by atoms with Crippen LogP contribution in [0.2, 0.25) is 0 Å². The third kappa shape index (κ3) is 4.67. The molecule has 0 aromatic heterocycles. The van der Waals surface area contributed by atoms with Crippen molar-refractivity contribution in [2.24, 2.45) is 0 Å². The number of carbonyl (C=O) groups excluding carboxylic acids is 1. The summed E-state index contributed by atoms with van der Waals surface area (Å²) in [6.45, 7) is 2.58. The van der Waals surface area contributed by atoms with E-state index in [1.165, 1.54) is 0 Å². The quantitative estimate of drug-likeness (QED) is 0.845. The number of halogens is 2.